The normalized spacial score (nSPS) is 14.6. The maximum atomic E-state index is 12.6. The van der Waals surface area contributed by atoms with Gasteiger partial charge in [0.2, 0.25) is 0 Å². The van der Waals surface area contributed by atoms with Crippen LogP contribution in [0.15, 0.2) is 72.9 Å². The first-order chi connectivity index (χ1) is 25.6. The number of unbranched alkanes of at least 4 members (excludes halogenated alkanes) is 11. The van der Waals surface area contributed by atoms with Crippen molar-refractivity contribution in [1.29, 1.82) is 0 Å². The van der Waals surface area contributed by atoms with Crippen molar-refractivity contribution in [2.45, 2.75) is 148 Å². The number of hydrogen-bond acceptors (Lipinski definition) is 6. The molecule has 0 aliphatic rings. The molecule has 0 aromatic rings. The molecule has 0 aliphatic heterocycles. The molecule has 9 heteroatoms. The van der Waals surface area contributed by atoms with Gasteiger partial charge in [-0.1, -0.05) is 145 Å². The van der Waals surface area contributed by atoms with Crippen molar-refractivity contribution in [2.24, 2.45) is 0 Å². The Morgan fingerprint density at radius 1 is 0.604 bits per heavy atom. The van der Waals surface area contributed by atoms with E-state index in [1.54, 1.807) is 0 Å². The van der Waals surface area contributed by atoms with Crippen LogP contribution in [0.25, 0.3) is 0 Å². The second-order valence-corrected chi connectivity index (χ2v) is 16.1. The molecular formula is C44H79NO7P+. The molecule has 1 N–H and O–H groups in total. The maximum absolute atomic E-state index is 12.6. The van der Waals surface area contributed by atoms with Crippen molar-refractivity contribution in [3.63, 3.8) is 0 Å². The molecule has 53 heavy (non-hydrogen) atoms. The molecule has 0 aromatic carbocycles. The fraction of sp³-hybridized carbons (Fsp3) is 0.705. The highest BCUT2D eigenvalue weighted by Crippen LogP contribution is 2.43. The number of ether oxygens (including phenoxy) is 2. The molecule has 0 bridgehead atoms. The first kappa shape index (κ1) is 50.9. The largest absolute Gasteiger partial charge is 0.472 e. The van der Waals surface area contributed by atoms with Gasteiger partial charge < -0.3 is 18.9 Å². The molecule has 0 aliphatic carbocycles. The molecule has 2 unspecified atom stereocenters. The molecule has 0 rings (SSSR count). The molecule has 0 saturated heterocycles. The molecule has 0 heterocycles. The summed E-state index contributed by atoms with van der Waals surface area (Å²) in [5, 5.41) is 0. The Morgan fingerprint density at radius 2 is 1.09 bits per heavy atom. The monoisotopic (exact) mass is 765 g/mol. The van der Waals surface area contributed by atoms with Crippen LogP contribution in [0.1, 0.15) is 142 Å². The van der Waals surface area contributed by atoms with E-state index in [1.165, 1.54) is 38.5 Å². The van der Waals surface area contributed by atoms with E-state index in [9.17, 15) is 14.3 Å². The number of esters is 1. The Hall–Kier alpha value is -2.06. The van der Waals surface area contributed by atoms with Gasteiger partial charge in [0, 0.05) is 13.0 Å². The van der Waals surface area contributed by atoms with Crippen molar-refractivity contribution >= 4 is 13.8 Å². The lowest BCUT2D eigenvalue weighted by atomic mass is 10.1. The van der Waals surface area contributed by atoms with Crippen LogP contribution >= 0.6 is 7.82 Å². The minimum Gasteiger partial charge on any atom is -0.457 e. The van der Waals surface area contributed by atoms with E-state index in [-0.39, 0.29) is 25.8 Å². The summed E-state index contributed by atoms with van der Waals surface area (Å²) in [7, 11) is 1.64. The maximum Gasteiger partial charge on any atom is 0.472 e. The fourth-order valence-electron chi connectivity index (χ4n) is 5.08. The van der Waals surface area contributed by atoms with E-state index < -0.39 is 13.9 Å². The van der Waals surface area contributed by atoms with Gasteiger partial charge in [-0.05, 0) is 64.2 Å². The van der Waals surface area contributed by atoms with Crippen LogP contribution in [0.5, 0.6) is 0 Å². The summed E-state index contributed by atoms with van der Waals surface area (Å²) < 4.78 is 34.7. The van der Waals surface area contributed by atoms with Crippen molar-refractivity contribution in [2.75, 3.05) is 54.1 Å². The van der Waals surface area contributed by atoms with Crippen LogP contribution in [0.2, 0.25) is 0 Å². The SMILES string of the molecule is CC/C=C\C/C=C\C/C=C\C/C=C\C/C=C\C/C=C\CCCCCCCCC(=O)OC(COCCCCCCCC)COP(=O)(O)OCC[N+](C)(C)C. The van der Waals surface area contributed by atoms with E-state index in [0.29, 0.717) is 24.1 Å². The molecule has 306 valence electrons. The van der Waals surface area contributed by atoms with E-state index >= 15 is 0 Å². The van der Waals surface area contributed by atoms with Crippen LogP contribution in [-0.2, 0) is 27.9 Å². The Morgan fingerprint density at radius 3 is 1.64 bits per heavy atom. The lowest BCUT2D eigenvalue weighted by Gasteiger charge is -2.24. The smallest absolute Gasteiger partial charge is 0.457 e. The number of quaternary nitrogens is 1. The standard InChI is InChI=1S/C44H78NO7P/c1-6-8-10-12-14-15-16-17-18-19-20-21-22-23-24-25-26-27-28-29-30-31-32-33-35-37-44(46)52-43(41-49-39-36-34-13-11-9-7-2)42-51-53(47,48)50-40-38-45(3,4)5/h8,10,14-15,17-18,20-21,23-24,26-27,43H,6-7,9,11-13,16,19,22,25,28-42H2,1-5H3/p+1/b10-8-,15-14-,18-17-,21-20-,24-23-,27-26-. The van der Waals surface area contributed by atoms with Crippen LogP contribution in [0.3, 0.4) is 0 Å². The van der Waals surface area contributed by atoms with Crippen molar-refractivity contribution in [1.82, 2.24) is 0 Å². The molecule has 0 amide bonds. The lowest BCUT2D eigenvalue weighted by molar-refractivity contribution is -0.870. The minimum atomic E-state index is -4.27. The first-order valence-electron chi connectivity index (χ1n) is 20.7. The van der Waals surface area contributed by atoms with E-state index in [4.69, 9.17) is 18.5 Å². The Balaban J connectivity index is 4.12. The van der Waals surface area contributed by atoms with Gasteiger partial charge in [0.15, 0.2) is 0 Å². The summed E-state index contributed by atoms with van der Waals surface area (Å²) in [4.78, 5) is 22.7. The summed E-state index contributed by atoms with van der Waals surface area (Å²) in [6.07, 6.45) is 46.7. The van der Waals surface area contributed by atoms with Crippen LogP contribution in [0.4, 0.5) is 0 Å². The van der Waals surface area contributed by atoms with E-state index in [1.807, 2.05) is 21.1 Å². The number of likely N-dealkylation sites (N-methyl/N-ethyl adjacent to an activating group) is 1. The average Bonchev–Trinajstić information content (AvgIpc) is 3.11. The third-order valence-electron chi connectivity index (χ3n) is 8.28. The van der Waals surface area contributed by atoms with Crippen molar-refractivity contribution < 1.29 is 37.3 Å². The van der Waals surface area contributed by atoms with Crippen molar-refractivity contribution in [3.05, 3.63) is 72.9 Å². The quantitative estimate of drug-likeness (QED) is 0.0221. The number of hydrogen-bond donors (Lipinski definition) is 1. The third kappa shape index (κ3) is 41.0. The highest BCUT2D eigenvalue weighted by molar-refractivity contribution is 7.47. The van der Waals surface area contributed by atoms with Crippen LogP contribution in [0, 0.1) is 0 Å². The van der Waals surface area contributed by atoms with Crippen LogP contribution < -0.4 is 0 Å². The first-order valence-corrected chi connectivity index (χ1v) is 22.2. The van der Waals surface area contributed by atoms with Gasteiger partial charge in [0.05, 0.1) is 34.4 Å². The zero-order valence-corrected chi connectivity index (χ0v) is 35.4. The van der Waals surface area contributed by atoms with E-state index in [0.717, 1.165) is 83.5 Å². The predicted octanol–water partition coefficient (Wildman–Crippen LogP) is 11.9. The Bertz CT molecular complexity index is 1070. The number of rotatable bonds is 37. The van der Waals surface area contributed by atoms with Gasteiger partial charge >= 0.3 is 13.8 Å². The zero-order chi connectivity index (χ0) is 39.1. The van der Waals surface area contributed by atoms with Crippen molar-refractivity contribution in [3.8, 4) is 0 Å². The number of phosphoric acid groups is 1. The fourth-order valence-corrected chi connectivity index (χ4v) is 5.82. The van der Waals surface area contributed by atoms with Gasteiger partial charge in [0.25, 0.3) is 0 Å². The summed E-state index contributed by atoms with van der Waals surface area (Å²) in [6, 6.07) is 0. The third-order valence-corrected chi connectivity index (χ3v) is 9.27. The molecule has 0 aromatic heterocycles. The molecule has 0 spiro atoms. The second kappa shape index (κ2) is 36.9. The zero-order valence-electron chi connectivity index (χ0n) is 34.5. The summed E-state index contributed by atoms with van der Waals surface area (Å²) >= 11 is 0. The topological polar surface area (TPSA) is 91.3 Å². The van der Waals surface area contributed by atoms with Gasteiger partial charge in [-0.15, -0.1) is 0 Å². The van der Waals surface area contributed by atoms with Crippen LogP contribution in [-0.4, -0.2) is 75.6 Å². The predicted molar refractivity (Wildman–Crippen MR) is 224 cm³/mol. The molecule has 2 atom stereocenters. The number of carbonyl (C=O) groups excluding carboxylic acids is 1. The minimum absolute atomic E-state index is 0.0821. The highest BCUT2D eigenvalue weighted by atomic mass is 31.2. The molecule has 0 saturated carbocycles. The van der Waals surface area contributed by atoms with Gasteiger partial charge in [-0.2, -0.15) is 0 Å². The average molecular weight is 765 g/mol. The number of nitrogens with zero attached hydrogens (tertiary/aromatic N) is 1. The lowest BCUT2D eigenvalue weighted by Crippen LogP contribution is -2.37. The Labute approximate surface area is 325 Å². The summed E-state index contributed by atoms with van der Waals surface area (Å²) in [6.45, 7) is 5.41. The van der Waals surface area contributed by atoms with Gasteiger partial charge in [-0.25, -0.2) is 4.57 Å². The molecule has 0 radical (unpaired) electrons. The second-order valence-electron chi connectivity index (χ2n) is 14.6. The summed E-state index contributed by atoms with van der Waals surface area (Å²) in [5.41, 5.74) is 0. The van der Waals surface area contributed by atoms with Gasteiger partial charge in [-0.3, -0.25) is 13.8 Å². The number of phosphoric ester groups is 1. The van der Waals surface area contributed by atoms with Gasteiger partial charge in [0.1, 0.15) is 19.3 Å². The molecule has 8 nitrogen and oxygen atoms in total. The molecular weight excluding hydrogens is 685 g/mol. The highest BCUT2D eigenvalue weighted by Gasteiger charge is 2.26. The summed E-state index contributed by atoms with van der Waals surface area (Å²) in [5.74, 6) is -0.335. The van der Waals surface area contributed by atoms with E-state index in [2.05, 4.69) is 86.8 Å². The Kier molecular flexibility index (Phi) is 35.5. The number of carbonyl (C=O) groups is 1. The number of allylic oxidation sites excluding steroid dienone is 12. The molecule has 0 fully saturated rings.